The maximum Gasteiger partial charge on any atom is 0.244 e. The fourth-order valence-electron chi connectivity index (χ4n) is 1.95. The van der Waals surface area contributed by atoms with Crippen LogP contribution in [0.2, 0.25) is 0 Å². The van der Waals surface area contributed by atoms with Crippen LogP contribution in [0.25, 0.3) is 5.52 Å². The van der Waals surface area contributed by atoms with Crippen molar-refractivity contribution in [2.75, 3.05) is 0 Å². The van der Waals surface area contributed by atoms with Gasteiger partial charge in [-0.2, -0.15) is 5.10 Å². The third kappa shape index (κ3) is 1.73. The number of hydrogen-bond acceptors (Lipinski definition) is 4. The van der Waals surface area contributed by atoms with Gasteiger partial charge in [0.15, 0.2) is 0 Å². The lowest BCUT2D eigenvalue weighted by Gasteiger charge is -2.17. The first-order valence-electron chi connectivity index (χ1n) is 5.44. The van der Waals surface area contributed by atoms with Gasteiger partial charge in [0.05, 0.1) is 17.1 Å². The van der Waals surface area contributed by atoms with Crippen molar-refractivity contribution in [3.8, 4) is 0 Å². The molecule has 1 aliphatic rings. The number of aromatic nitrogens is 2. The Hall–Kier alpha value is -2.01. The first-order chi connectivity index (χ1) is 8.79. The second kappa shape index (κ2) is 4.34. The molecule has 6 heteroatoms. The van der Waals surface area contributed by atoms with Crippen LogP contribution < -0.4 is 0 Å². The molecule has 0 fully saturated rings. The van der Waals surface area contributed by atoms with E-state index in [1.165, 1.54) is 0 Å². The molecule has 0 aliphatic carbocycles. The van der Waals surface area contributed by atoms with E-state index in [1.807, 2.05) is 24.4 Å². The summed E-state index contributed by atoms with van der Waals surface area (Å²) in [5.41, 5.74) is 1.94. The summed E-state index contributed by atoms with van der Waals surface area (Å²) in [5.74, 6) is 0.354. The molecule has 0 saturated carbocycles. The highest BCUT2D eigenvalue weighted by Gasteiger charge is 2.25. The van der Waals surface area contributed by atoms with Gasteiger partial charge in [0.25, 0.3) is 0 Å². The molecule has 0 spiro atoms. The van der Waals surface area contributed by atoms with Gasteiger partial charge in [-0.3, -0.25) is 0 Å². The topological polar surface area (TPSA) is 54.4 Å². The number of halogens is 1. The van der Waals surface area contributed by atoms with E-state index in [9.17, 15) is 0 Å². The highest BCUT2D eigenvalue weighted by atomic mass is 35.5. The maximum atomic E-state index is 6.24. The molecule has 90 valence electrons. The number of alkyl halides is 1. The van der Waals surface area contributed by atoms with E-state index in [2.05, 4.69) is 26.8 Å². The van der Waals surface area contributed by atoms with E-state index in [-0.39, 0.29) is 11.4 Å². The van der Waals surface area contributed by atoms with Crippen molar-refractivity contribution in [2.45, 2.75) is 11.4 Å². The molecule has 0 bridgehead atoms. The summed E-state index contributed by atoms with van der Waals surface area (Å²) in [6.07, 6.45) is 5.30. The van der Waals surface area contributed by atoms with Gasteiger partial charge < -0.3 is 0 Å². The van der Waals surface area contributed by atoms with Crippen LogP contribution in [0.15, 0.2) is 45.6 Å². The van der Waals surface area contributed by atoms with E-state index in [1.54, 1.807) is 16.9 Å². The van der Waals surface area contributed by atoms with Crippen molar-refractivity contribution in [1.29, 1.82) is 0 Å². The predicted octanol–water partition coefficient (Wildman–Crippen LogP) is 2.12. The highest BCUT2D eigenvalue weighted by molar-refractivity contribution is 6.30. The second-order valence-corrected chi connectivity index (χ2v) is 4.39. The van der Waals surface area contributed by atoms with Crippen molar-refractivity contribution in [3.05, 3.63) is 36.2 Å². The van der Waals surface area contributed by atoms with Gasteiger partial charge in [-0.1, -0.05) is 6.07 Å². The van der Waals surface area contributed by atoms with Gasteiger partial charge in [-0.25, -0.2) is 19.5 Å². The van der Waals surface area contributed by atoms with Gasteiger partial charge in [0.1, 0.15) is 6.04 Å². The van der Waals surface area contributed by atoms with Crippen LogP contribution in [0.1, 0.15) is 11.6 Å². The molecular weight excluding hydrogens is 250 g/mol. The average molecular weight is 260 g/mol. The van der Waals surface area contributed by atoms with Crippen LogP contribution in [-0.2, 0) is 0 Å². The Balaban J connectivity index is 2.11. The third-order valence-electron chi connectivity index (χ3n) is 2.80. The first-order valence-corrected chi connectivity index (χ1v) is 5.88. The second-order valence-electron chi connectivity index (χ2n) is 3.89. The monoisotopic (exact) mass is 259 g/mol. The molecule has 3 heterocycles. The summed E-state index contributed by atoms with van der Waals surface area (Å²) in [5, 5.41) is 3.98. The summed E-state index contributed by atoms with van der Waals surface area (Å²) >= 11 is 6.24. The van der Waals surface area contributed by atoms with Crippen LogP contribution in [0.5, 0.6) is 0 Å². The summed E-state index contributed by atoms with van der Waals surface area (Å²) in [6, 6.07) is 5.62. The Morgan fingerprint density at radius 3 is 3.11 bits per heavy atom. The van der Waals surface area contributed by atoms with Gasteiger partial charge in [-0.05, 0) is 18.9 Å². The standard InChI is InChI=1S/C12H10ClN5/c1-14-12-15-7-9(13)11(17-12)8-6-16-18-5-3-2-4-10(8)18/h2-7,9,11H,1H2. The Morgan fingerprint density at radius 1 is 1.39 bits per heavy atom. The minimum absolute atomic E-state index is 0.232. The third-order valence-corrected chi connectivity index (χ3v) is 3.16. The lowest BCUT2D eigenvalue weighted by molar-refractivity contribution is 0.772. The number of rotatable bonds is 1. The molecule has 0 aromatic carbocycles. The molecule has 0 radical (unpaired) electrons. The van der Waals surface area contributed by atoms with Crippen LogP contribution in [0, 0.1) is 0 Å². The fourth-order valence-corrected chi connectivity index (χ4v) is 2.20. The minimum Gasteiger partial charge on any atom is -0.241 e. The quantitative estimate of drug-likeness (QED) is 0.572. The SMILES string of the molecule is C=NC1=NC(c2cnn3ccccc23)C(Cl)C=N1. The summed E-state index contributed by atoms with van der Waals surface area (Å²) in [4.78, 5) is 12.1. The van der Waals surface area contributed by atoms with Gasteiger partial charge >= 0.3 is 0 Å². The molecule has 3 rings (SSSR count). The molecule has 2 unspecified atom stereocenters. The number of nitrogens with zero attached hydrogens (tertiary/aromatic N) is 5. The Bertz CT molecular complexity index is 657. The molecule has 2 aromatic heterocycles. The summed E-state index contributed by atoms with van der Waals surface area (Å²) in [6.45, 7) is 3.43. The largest absolute Gasteiger partial charge is 0.244 e. The van der Waals surface area contributed by atoms with Crippen molar-refractivity contribution in [1.82, 2.24) is 9.61 Å². The smallest absolute Gasteiger partial charge is 0.241 e. The lowest BCUT2D eigenvalue weighted by atomic mass is 10.1. The van der Waals surface area contributed by atoms with E-state index in [0.717, 1.165) is 11.1 Å². The molecular formula is C12H10ClN5. The number of guanidine groups is 1. The molecule has 5 nitrogen and oxygen atoms in total. The number of hydrogen-bond donors (Lipinski definition) is 0. The Morgan fingerprint density at radius 2 is 2.28 bits per heavy atom. The molecule has 0 saturated heterocycles. The van der Waals surface area contributed by atoms with Crippen LogP contribution >= 0.6 is 11.6 Å². The van der Waals surface area contributed by atoms with Crippen molar-refractivity contribution < 1.29 is 0 Å². The van der Waals surface area contributed by atoms with Crippen molar-refractivity contribution in [3.63, 3.8) is 0 Å². The molecule has 0 N–H and O–H groups in total. The molecule has 1 aliphatic heterocycles. The first kappa shape index (κ1) is 11.1. The molecule has 2 aromatic rings. The van der Waals surface area contributed by atoms with Gasteiger partial charge in [0.2, 0.25) is 5.96 Å². The zero-order valence-electron chi connectivity index (χ0n) is 9.44. The van der Waals surface area contributed by atoms with E-state index < -0.39 is 0 Å². The molecule has 2 atom stereocenters. The number of aliphatic imine (C=N–C) groups is 3. The average Bonchev–Trinajstić information content (AvgIpc) is 2.83. The van der Waals surface area contributed by atoms with Crippen LogP contribution in [-0.4, -0.2) is 33.9 Å². The van der Waals surface area contributed by atoms with Crippen LogP contribution in [0.3, 0.4) is 0 Å². The number of fused-ring (bicyclic) bond motifs is 1. The highest BCUT2D eigenvalue weighted by Crippen LogP contribution is 2.30. The van der Waals surface area contributed by atoms with Crippen molar-refractivity contribution in [2.24, 2.45) is 15.0 Å². The van der Waals surface area contributed by atoms with Gasteiger partial charge in [-0.15, -0.1) is 11.6 Å². The van der Waals surface area contributed by atoms with E-state index in [0.29, 0.717) is 5.96 Å². The fraction of sp³-hybridized carbons (Fsp3) is 0.167. The summed E-state index contributed by atoms with van der Waals surface area (Å²) in [7, 11) is 0. The Kier molecular flexibility index (Phi) is 2.68. The van der Waals surface area contributed by atoms with E-state index in [4.69, 9.17) is 11.6 Å². The zero-order valence-corrected chi connectivity index (χ0v) is 10.2. The Labute approximate surface area is 109 Å². The number of pyridine rings is 1. The minimum atomic E-state index is -0.302. The van der Waals surface area contributed by atoms with Crippen LogP contribution in [0.4, 0.5) is 0 Å². The van der Waals surface area contributed by atoms with Crippen molar-refractivity contribution >= 4 is 36.0 Å². The summed E-state index contributed by atoms with van der Waals surface area (Å²) < 4.78 is 1.79. The lowest BCUT2D eigenvalue weighted by Crippen LogP contribution is -2.18. The maximum absolute atomic E-state index is 6.24. The molecule has 0 amide bonds. The molecule has 18 heavy (non-hydrogen) atoms. The zero-order chi connectivity index (χ0) is 12.5. The van der Waals surface area contributed by atoms with Gasteiger partial charge in [0, 0.05) is 18.0 Å². The van der Waals surface area contributed by atoms with E-state index >= 15 is 0 Å². The normalized spacial score (nSPS) is 23.1. The predicted molar refractivity (Wildman–Crippen MR) is 73.1 cm³/mol.